The molecule has 1 amide bonds. The van der Waals surface area contributed by atoms with Crippen molar-refractivity contribution in [3.05, 3.63) is 63.7 Å². The fourth-order valence-corrected chi connectivity index (χ4v) is 2.62. The van der Waals surface area contributed by atoms with E-state index in [2.05, 4.69) is 5.32 Å². The first-order valence-corrected chi connectivity index (χ1v) is 7.69. The molecule has 0 fully saturated rings. The molecule has 114 valence electrons. The number of amides is 1. The number of nitrogens with one attached hydrogen (secondary N) is 1. The summed E-state index contributed by atoms with van der Waals surface area (Å²) < 4.78 is 0. The van der Waals surface area contributed by atoms with Gasteiger partial charge in [-0.15, -0.1) is 11.8 Å². The van der Waals surface area contributed by atoms with E-state index < -0.39 is 4.92 Å². The number of carbonyl (C=O) groups excluding carboxylic acids is 1. The van der Waals surface area contributed by atoms with E-state index in [1.807, 2.05) is 31.2 Å². The second-order valence-corrected chi connectivity index (χ2v) is 5.91. The van der Waals surface area contributed by atoms with Gasteiger partial charge in [-0.1, -0.05) is 23.8 Å². The lowest BCUT2D eigenvalue weighted by Gasteiger charge is -2.08. The van der Waals surface area contributed by atoms with E-state index in [4.69, 9.17) is 0 Å². The van der Waals surface area contributed by atoms with Crippen LogP contribution in [0.3, 0.4) is 0 Å². The van der Waals surface area contributed by atoms with Gasteiger partial charge in [-0.3, -0.25) is 14.9 Å². The summed E-state index contributed by atoms with van der Waals surface area (Å²) in [6.45, 7) is 3.63. The summed E-state index contributed by atoms with van der Waals surface area (Å²) in [5, 5.41) is 13.6. The maximum absolute atomic E-state index is 12.0. The number of aryl methyl sites for hydroxylation is 1. The van der Waals surface area contributed by atoms with Gasteiger partial charge in [0.05, 0.1) is 21.9 Å². The Morgan fingerprint density at radius 2 is 1.86 bits per heavy atom. The third-order valence-electron chi connectivity index (χ3n) is 3.17. The van der Waals surface area contributed by atoms with Crippen molar-refractivity contribution in [3.63, 3.8) is 0 Å². The number of nitrogens with zero attached hydrogens (tertiary/aromatic N) is 1. The number of carbonyl (C=O) groups is 1. The Bertz CT molecular complexity index is 699. The second kappa shape index (κ2) is 7.09. The quantitative estimate of drug-likeness (QED) is 0.515. The molecule has 0 saturated heterocycles. The van der Waals surface area contributed by atoms with Crippen molar-refractivity contribution in [1.82, 2.24) is 0 Å². The number of hydrogen-bond donors (Lipinski definition) is 1. The molecule has 5 nitrogen and oxygen atoms in total. The first kappa shape index (κ1) is 16.0. The van der Waals surface area contributed by atoms with Crippen LogP contribution in [0.2, 0.25) is 0 Å². The predicted molar refractivity (Wildman–Crippen MR) is 88.4 cm³/mol. The third-order valence-corrected chi connectivity index (χ3v) is 4.18. The Labute approximate surface area is 132 Å². The second-order valence-electron chi connectivity index (χ2n) is 4.86. The normalized spacial score (nSPS) is 10.3. The van der Waals surface area contributed by atoms with Gasteiger partial charge in [0.15, 0.2) is 0 Å². The molecule has 1 N–H and O–H groups in total. The molecule has 22 heavy (non-hydrogen) atoms. The highest BCUT2D eigenvalue weighted by Crippen LogP contribution is 2.25. The molecule has 0 unspecified atom stereocenters. The summed E-state index contributed by atoms with van der Waals surface area (Å²) in [4.78, 5) is 23.4. The van der Waals surface area contributed by atoms with E-state index in [1.54, 1.807) is 19.1 Å². The fraction of sp³-hybridized carbons (Fsp3) is 0.188. The van der Waals surface area contributed by atoms with Gasteiger partial charge < -0.3 is 5.32 Å². The van der Waals surface area contributed by atoms with Crippen LogP contribution in [0.4, 0.5) is 11.4 Å². The first-order chi connectivity index (χ1) is 10.5. The van der Waals surface area contributed by atoms with Gasteiger partial charge in [0, 0.05) is 11.0 Å². The molecule has 0 radical (unpaired) electrons. The molecule has 0 aliphatic rings. The molecule has 2 aromatic rings. The summed E-state index contributed by atoms with van der Waals surface area (Å²) in [5.41, 5.74) is 2.11. The summed E-state index contributed by atoms with van der Waals surface area (Å²) in [6, 6.07) is 12.6. The maximum Gasteiger partial charge on any atom is 0.274 e. The lowest BCUT2D eigenvalue weighted by atomic mass is 10.1. The average molecular weight is 316 g/mol. The Hall–Kier alpha value is -2.34. The minimum absolute atomic E-state index is 0.00369. The van der Waals surface area contributed by atoms with E-state index in [-0.39, 0.29) is 17.3 Å². The van der Waals surface area contributed by atoms with Gasteiger partial charge in [-0.05, 0) is 32.0 Å². The zero-order valence-corrected chi connectivity index (χ0v) is 13.1. The summed E-state index contributed by atoms with van der Waals surface area (Å²) in [6.07, 6.45) is 0. The van der Waals surface area contributed by atoms with Gasteiger partial charge >= 0.3 is 0 Å². The van der Waals surface area contributed by atoms with Crippen LogP contribution in [-0.2, 0) is 4.79 Å². The Morgan fingerprint density at radius 1 is 1.18 bits per heavy atom. The molecule has 0 aliphatic heterocycles. The summed E-state index contributed by atoms with van der Waals surface area (Å²) >= 11 is 1.43. The van der Waals surface area contributed by atoms with Crippen molar-refractivity contribution in [2.75, 3.05) is 11.1 Å². The molecule has 0 aromatic heterocycles. The van der Waals surface area contributed by atoms with Crippen LogP contribution in [0.5, 0.6) is 0 Å². The van der Waals surface area contributed by atoms with Crippen molar-refractivity contribution in [3.8, 4) is 0 Å². The lowest BCUT2D eigenvalue weighted by molar-refractivity contribution is -0.385. The molecule has 0 heterocycles. The highest BCUT2D eigenvalue weighted by Gasteiger charge is 2.14. The number of rotatable bonds is 5. The van der Waals surface area contributed by atoms with Crippen LogP contribution in [-0.4, -0.2) is 16.6 Å². The van der Waals surface area contributed by atoms with E-state index >= 15 is 0 Å². The zero-order chi connectivity index (χ0) is 16.1. The summed E-state index contributed by atoms with van der Waals surface area (Å²) in [5.74, 6) is 0.0692. The number of thioether (sulfide) groups is 1. The topological polar surface area (TPSA) is 72.2 Å². The molecule has 0 bridgehead atoms. The van der Waals surface area contributed by atoms with Gasteiger partial charge in [-0.25, -0.2) is 0 Å². The van der Waals surface area contributed by atoms with Crippen LogP contribution in [0.1, 0.15) is 11.1 Å². The van der Waals surface area contributed by atoms with Crippen LogP contribution in [0.25, 0.3) is 0 Å². The number of nitro groups is 1. The van der Waals surface area contributed by atoms with Crippen LogP contribution in [0.15, 0.2) is 47.4 Å². The van der Waals surface area contributed by atoms with Gasteiger partial charge in [0.25, 0.3) is 5.69 Å². The SMILES string of the molecule is Cc1ccc(SCC(=O)Nc2cccc([N+](=O)[O-])c2C)cc1. The molecule has 6 heteroatoms. The van der Waals surface area contributed by atoms with Gasteiger partial charge in [0.1, 0.15) is 0 Å². The third kappa shape index (κ3) is 4.08. The minimum atomic E-state index is -0.452. The van der Waals surface area contributed by atoms with Gasteiger partial charge in [0.2, 0.25) is 5.91 Å². The highest BCUT2D eigenvalue weighted by molar-refractivity contribution is 8.00. The average Bonchev–Trinajstić information content (AvgIpc) is 2.48. The van der Waals surface area contributed by atoms with Gasteiger partial charge in [-0.2, -0.15) is 0 Å². The number of nitro benzene ring substituents is 1. The van der Waals surface area contributed by atoms with Crippen LogP contribution in [0, 0.1) is 24.0 Å². The molecule has 0 aliphatic carbocycles. The maximum atomic E-state index is 12.0. The van der Waals surface area contributed by atoms with Crippen molar-refractivity contribution < 1.29 is 9.72 Å². The van der Waals surface area contributed by atoms with Crippen molar-refractivity contribution in [2.24, 2.45) is 0 Å². The molecule has 2 rings (SSSR count). The molecule has 0 saturated carbocycles. The molecule has 2 aromatic carbocycles. The van der Waals surface area contributed by atoms with Crippen LogP contribution >= 0.6 is 11.8 Å². The largest absolute Gasteiger partial charge is 0.325 e. The van der Waals surface area contributed by atoms with Crippen LogP contribution < -0.4 is 5.32 Å². The van der Waals surface area contributed by atoms with Crippen molar-refractivity contribution in [1.29, 1.82) is 0 Å². The first-order valence-electron chi connectivity index (χ1n) is 6.70. The molecule has 0 atom stereocenters. The van der Waals surface area contributed by atoms with E-state index in [9.17, 15) is 14.9 Å². The zero-order valence-electron chi connectivity index (χ0n) is 12.3. The number of anilines is 1. The van der Waals surface area contributed by atoms with Crippen molar-refractivity contribution in [2.45, 2.75) is 18.7 Å². The fourth-order valence-electron chi connectivity index (χ4n) is 1.93. The van der Waals surface area contributed by atoms with Crippen molar-refractivity contribution >= 4 is 29.0 Å². The molecule has 0 spiro atoms. The smallest absolute Gasteiger partial charge is 0.274 e. The predicted octanol–water partition coefficient (Wildman–Crippen LogP) is 3.94. The Balaban J connectivity index is 1.99. The number of hydrogen-bond acceptors (Lipinski definition) is 4. The Morgan fingerprint density at radius 3 is 2.50 bits per heavy atom. The molecular weight excluding hydrogens is 300 g/mol. The standard InChI is InChI=1S/C16H16N2O3S/c1-11-6-8-13(9-7-11)22-10-16(19)17-14-4-3-5-15(12(14)2)18(20)21/h3-9H,10H2,1-2H3,(H,17,19). The summed E-state index contributed by atoms with van der Waals surface area (Å²) in [7, 11) is 0. The number of benzene rings is 2. The lowest BCUT2D eigenvalue weighted by Crippen LogP contribution is -2.15. The highest BCUT2D eigenvalue weighted by atomic mass is 32.2. The monoisotopic (exact) mass is 316 g/mol. The van der Waals surface area contributed by atoms with E-state index in [1.165, 1.54) is 23.4 Å². The molecular formula is C16H16N2O3S. The van der Waals surface area contributed by atoms with E-state index in [0.29, 0.717) is 11.3 Å². The Kier molecular flexibility index (Phi) is 5.16. The van der Waals surface area contributed by atoms with E-state index in [0.717, 1.165) is 4.90 Å². The minimum Gasteiger partial charge on any atom is -0.325 e.